The molecule has 1 N–H and O–H groups in total. The summed E-state index contributed by atoms with van der Waals surface area (Å²) < 4.78 is 5.61. The molecular formula is C14H17Cl2NO3. The number of halogens is 2. The highest BCUT2D eigenvalue weighted by Gasteiger charge is 2.24. The van der Waals surface area contributed by atoms with Crippen molar-refractivity contribution < 1.29 is 14.6 Å². The molecule has 1 heterocycles. The first-order valence-corrected chi connectivity index (χ1v) is 7.35. The number of nitrogens with zero attached hydrogens (tertiary/aromatic N) is 1. The summed E-state index contributed by atoms with van der Waals surface area (Å²) in [7, 11) is 0. The number of carboxylic acids is 1. The van der Waals surface area contributed by atoms with Gasteiger partial charge in [0.15, 0.2) is 0 Å². The van der Waals surface area contributed by atoms with Crippen molar-refractivity contribution in [1.82, 2.24) is 4.90 Å². The molecule has 0 aromatic heterocycles. The van der Waals surface area contributed by atoms with Gasteiger partial charge in [0.2, 0.25) is 0 Å². The molecule has 4 nitrogen and oxygen atoms in total. The first-order valence-electron chi connectivity index (χ1n) is 6.59. The number of hydrogen-bond acceptors (Lipinski definition) is 3. The predicted octanol–water partition coefficient (Wildman–Crippen LogP) is 3.17. The molecule has 1 unspecified atom stereocenters. The summed E-state index contributed by atoms with van der Waals surface area (Å²) in [6, 6.07) is 5.10. The molecule has 0 radical (unpaired) electrons. The molecule has 1 atom stereocenters. The monoisotopic (exact) mass is 317 g/mol. The minimum Gasteiger partial charge on any atom is -0.491 e. The molecule has 1 aliphatic heterocycles. The molecule has 1 aromatic carbocycles. The van der Waals surface area contributed by atoms with Gasteiger partial charge in [0.05, 0.1) is 10.9 Å². The number of rotatable bonds is 5. The molecule has 1 aliphatic rings. The molecule has 1 aromatic rings. The van der Waals surface area contributed by atoms with Gasteiger partial charge in [-0.1, -0.05) is 23.2 Å². The lowest BCUT2D eigenvalue weighted by Gasteiger charge is -2.30. The Kier molecular flexibility index (Phi) is 5.52. The maximum atomic E-state index is 11.0. The van der Waals surface area contributed by atoms with Crippen molar-refractivity contribution >= 4 is 29.2 Å². The summed E-state index contributed by atoms with van der Waals surface area (Å²) >= 11 is 11.8. The maximum absolute atomic E-state index is 11.0. The van der Waals surface area contributed by atoms with E-state index in [1.165, 1.54) is 0 Å². The van der Waals surface area contributed by atoms with Gasteiger partial charge in [-0.15, -0.1) is 0 Å². The van der Waals surface area contributed by atoms with Crippen LogP contribution in [0.4, 0.5) is 0 Å². The van der Waals surface area contributed by atoms with Gasteiger partial charge in [-0.2, -0.15) is 0 Å². The van der Waals surface area contributed by atoms with Crippen LogP contribution in [0.5, 0.6) is 5.75 Å². The van der Waals surface area contributed by atoms with E-state index in [4.69, 9.17) is 33.0 Å². The van der Waals surface area contributed by atoms with Gasteiger partial charge in [-0.05, 0) is 37.6 Å². The number of benzene rings is 1. The van der Waals surface area contributed by atoms with Gasteiger partial charge < -0.3 is 9.84 Å². The molecule has 0 saturated carbocycles. The molecule has 20 heavy (non-hydrogen) atoms. The molecule has 1 saturated heterocycles. The number of ether oxygens (including phenoxy) is 1. The summed E-state index contributed by atoms with van der Waals surface area (Å²) in [5, 5.41) is 10.1. The number of likely N-dealkylation sites (tertiary alicyclic amines) is 1. The first kappa shape index (κ1) is 15.4. The van der Waals surface area contributed by atoms with Gasteiger partial charge in [0, 0.05) is 18.1 Å². The number of carboxylic acid groups (broad SMARTS) is 1. The van der Waals surface area contributed by atoms with Gasteiger partial charge in [0.1, 0.15) is 12.4 Å². The Morgan fingerprint density at radius 1 is 1.45 bits per heavy atom. The summed E-state index contributed by atoms with van der Waals surface area (Å²) in [6.07, 6.45) is 1.67. The topological polar surface area (TPSA) is 49.8 Å². The van der Waals surface area contributed by atoms with Gasteiger partial charge in [-0.3, -0.25) is 9.69 Å². The molecule has 1 fully saturated rings. The van der Waals surface area contributed by atoms with Crippen LogP contribution in [0.3, 0.4) is 0 Å². The van der Waals surface area contributed by atoms with Crippen LogP contribution < -0.4 is 4.74 Å². The smallest absolute Gasteiger partial charge is 0.307 e. The Hall–Kier alpha value is -0.970. The highest BCUT2D eigenvalue weighted by Crippen LogP contribution is 2.27. The van der Waals surface area contributed by atoms with E-state index in [1.807, 2.05) is 0 Å². The number of piperidine rings is 1. The van der Waals surface area contributed by atoms with E-state index in [-0.39, 0.29) is 5.92 Å². The Morgan fingerprint density at radius 3 is 2.95 bits per heavy atom. The van der Waals surface area contributed by atoms with Crippen LogP contribution in [0.2, 0.25) is 10.0 Å². The molecule has 2 rings (SSSR count). The fourth-order valence-corrected chi connectivity index (χ4v) is 2.80. The van der Waals surface area contributed by atoms with E-state index >= 15 is 0 Å². The second kappa shape index (κ2) is 7.16. The van der Waals surface area contributed by atoms with E-state index in [9.17, 15) is 4.79 Å². The zero-order chi connectivity index (χ0) is 14.5. The molecule has 0 aliphatic carbocycles. The summed E-state index contributed by atoms with van der Waals surface area (Å²) in [5.74, 6) is -0.373. The van der Waals surface area contributed by atoms with E-state index in [2.05, 4.69) is 4.90 Å². The minimum absolute atomic E-state index is 0.261. The average Bonchev–Trinajstić information content (AvgIpc) is 2.41. The van der Waals surface area contributed by atoms with Crippen LogP contribution in [0.1, 0.15) is 12.8 Å². The Morgan fingerprint density at radius 2 is 2.25 bits per heavy atom. The molecule has 0 amide bonds. The second-order valence-electron chi connectivity index (χ2n) is 4.90. The third-order valence-corrected chi connectivity index (χ3v) is 3.94. The number of aliphatic carboxylic acids is 1. The van der Waals surface area contributed by atoms with E-state index in [0.717, 1.165) is 19.4 Å². The lowest BCUT2D eigenvalue weighted by Crippen LogP contribution is -2.40. The third kappa shape index (κ3) is 4.27. The van der Waals surface area contributed by atoms with Crippen LogP contribution in [0.25, 0.3) is 0 Å². The van der Waals surface area contributed by atoms with Crippen molar-refractivity contribution in [2.75, 3.05) is 26.2 Å². The highest BCUT2D eigenvalue weighted by atomic mass is 35.5. The summed E-state index contributed by atoms with van der Waals surface area (Å²) in [4.78, 5) is 13.1. The molecule has 110 valence electrons. The Balaban J connectivity index is 1.79. The summed E-state index contributed by atoms with van der Waals surface area (Å²) in [5.41, 5.74) is 0. The number of hydrogen-bond donors (Lipinski definition) is 1. The molecule has 6 heteroatoms. The van der Waals surface area contributed by atoms with Crippen LogP contribution in [-0.4, -0.2) is 42.2 Å². The van der Waals surface area contributed by atoms with Crippen molar-refractivity contribution in [3.8, 4) is 5.75 Å². The van der Waals surface area contributed by atoms with Crippen LogP contribution in [-0.2, 0) is 4.79 Å². The van der Waals surface area contributed by atoms with Gasteiger partial charge in [-0.25, -0.2) is 0 Å². The number of carbonyl (C=O) groups is 1. The fourth-order valence-electron chi connectivity index (χ4n) is 2.34. The van der Waals surface area contributed by atoms with Gasteiger partial charge >= 0.3 is 5.97 Å². The van der Waals surface area contributed by atoms with Crippen LogP contribution in [0.15, 0.2) is 18.2 Å². The molecule has 0 bridgehead atoms. The second-order valence-corrected chi connectivity index (χ2v) is 5.74. The molecule has 0 spiro atoms. The fraction of sp³-hybridized carbons (Fsp3) is 0.500. The molecular weight excluding hydrogens is 301 g/mol. The lowest BCUT2D eigenvalue weighted by molar-refractivity contribution is -0.143. The first-order chi connectivity index (χ1) is 9.56. The maximum Gasteiger partial charge on any atom is 0.307 e. The van der Waals surface area contributed by atoms with Crippen molar-refractivity contribution in [3.05, 3.63) is 28.2 Å². The van der Waals surface area contributed by atoms with E-state index < -0.39 is 5.97 Å². The zero-order valence-electron chi connectivity index (χ0n) is 11.0. The largest absolute Gasteiger partial charge is 0.491 e. The predicted molar refractivity (Wildman–Crippen MR) is 78.8 cm³/mol. The van der Waals surface area contributed by atoms with Crippen LogP contribution in [0, 0.1) is 5.92 Å². The van der Waals surface area contributed by atoms with Crippen molar-refractivity contribution in [3.63, 3.8) is 0 Å². The lowest BCUT2D eigenvalue weighted by atomic mass is 9.98. The van der Waals surface area contributed by atoms with E-state index in [1.54, 1.807) is 18.2 Å². The zero-order valence-corrected chi connectivity index (χ0v) is 12.5. The van der Waals surface area contributed by atoms with Crippen molar-refractivity contribution in [2.24, 2.45) is 5.92 Å². The normalized spacial score (nSPS) is 19.8. The Labute approximate surface area is 128 Å². The SMILES string of the molecule is O=C(O)C1CCCN(CCOc2ccc(Cl)cc2Cl)C1. The summed E-state index contributed by atoms with van der Waals surface area (Å²) in [6.45, 7) is 2.69. The van der Waals surface area contributed by atoms with Gasteiger partial charge in [0.25, 0.3) is 0 Å². The third-order valence-electron chi connectivity index (χ3n) is 3.41. The van der Waals surface area contributed by atoms with Crippen molar-refractivity contribution in [1.29, 1.82) is 0 Å². The quantitative estimate of drug-likeness (QED) is 0.906. The average molecular weight is 318 g/mol. The minimum atomic E-state index is -0.712. The Bertz CT molecular complexity index is 481. The highest BCUT2D eigenvalue weighted by molar-refractivity contribution is 6.35. The standard InChI is InChI=1S/C14H17Cl2NO3/c15-11-3-4-13(12(16)8-11)20-7-6-17-5-1-2-10(9-17)14(18)19/h3-4,8,10H,1-2,5-7,9H2,(H,18,19). The van der Waals surface area contributed by atoms with Crippen molar-refractivity contribution in [2.45, 2.75) is 12.8 Å². The van der Waals surface area contributed by atoms with E-state index in [0.29, 0.717) is 35.5 Å². The van der Waals surface area contributed by atoms with Crippen LogP contribution >= 0.6 is 23.2 Å².